The third-order valence-electron chi connectivity index (χ3n) is 3.44. The molecule has 1 amide bonds. The number of ether oxygens (including phenoxy) is 2. The molecule has 0 bridgehead atoms. The molecule has 0 aliphatic carbocycles. The van der Waals surface area contributed by atoms with Gasteiger partial charge in [0.1, 0.15) is 6.61 Å². The summed E-state index contributed by atoms with van der Waals surface area (Å²) in [4.78, 5) is 11.1. The summed E-state index contributed by atoms with van der Waals surface area (Å²) in [7, 11) is 1.60. The maximum Gasteiger partial charge on any atom is 0.236 e. The number of benzene rings is 2. The largest absolute Gasteiger partial charge is 0.493 e. The zero-order chi connectivity index (χ0) is 18.4. The Morgan fingerprint density at radius 2 is 2.04 bits per heavy atom. The molecule has 26 heavy (non-hydrogen) atoms. The second-order valence-electron chi connectivity index (χ2n) is 5.31. The van der Waals surface area contributed by atoms with E-state index in [1.54, 1.807) is 13.3 Å². The summed E-state index contributed by atoms with van der Waals surface area (Å²) in [6, 6.07) is 13.4. The van der Waals surface area contributed by atoms with Crippen molar-refractivity contribution in [2.75, 3.05) is 12.9 Å². The van der Waals surface area contributed by atoms with Crippen LogP contribution in [-0.2, 0) is 11.4 Å². The van der Waals surface area contributed by atoms with Gasteiger partial charge in [0.25, 0.3) is 0 Å². The first-order valence-corrected chi connectivity index (χ1v) is 9.51. The second-order valence-corrected chi connectivity index (χ2v) is 7.19. The van der Waals surface area contributed by atoms with Gasteiger partial charge in [-0.2, -0.15) is 5.10 Å². The van der Waals surface area contributed by atoms with Gasteiger partial charge < -0.3 is 14.8 Å². The first-order valence-electron chi connectivity index (χ1n) is 7.73. The lowest BCUT2D eigenvalue weighted by atomic mass is 10.2. The lowest BCUT2D eigenvalue weighted by Gasteiger charge is -2.11. The molecule has 8 heteroatoms. The molecular formula is C18H16BrN3O3S. The van der Waals surface area contributed by atoms with Crippen LogP contribution < -0.4 is 14.8 Å². The topological polar surface area (TPSA) is 72.3 Å². The van der Waals surface area contributed by atoms with Gasteiger partial charge in [-0.05, 0) is 41.5 Å². The average molecular weight is 434 g/mol. The van der Waals surface area contributed by atoms with Crippen molar-refractivity contribution in [1.82, 2.24) is 5.32 Å². The second kappa shape index (κ2) is 8.86. The Balaban J connectivity index is 1.69. The van der Waals surface area contributed by atoms with Gasteiger partial charge in [-0.25, -0.2) is 0 Å². The first kappa shape index (κ1) is 18.5. The third kappa shape index (κ3) is 5.09. The highest BCUT2D eigenvalue weighted by molar-refractivity contribution is 9.10. The van der Waals surface area contributed by atoms with Crippen molar-refractivity contribution < 1.29 is 14.3 Å². The molecule has 0 spiro atoms. The van der Waals surface area contributed by atoms with Gasteiger partial charge in [-0.3, -0.25) is 4.79 Å². The quantitative estimate of drug-likeness (QED) is 0.557. The van der Waals surface area contributed by atoms with Gasteiger partial charge in [0.2, 0.25) is 5.91 Å². The Morgan fingerprint density at radius 3 is 2.73 bits per heavy atom. The molecule has 2 aromatic rings. The van der Waals surface area contributed by atoms with Crippen molar-refractivity contribution in [3.63, 3.8) is 0 Å². The number of methoxy groups -OCH3 is 1. The van der Waals surface area contributed by atoms with E-state index in [0.29, 0.717) is 29.0 Å². The number of amides is 1. The van der Waals surface area contributed by atoms with Crippen LogP contribution in [0.2, 0.25) is 0 Å². The molecule has 1 fully saturated rings. The van der Waals surface area contributed by atoms with Gasteiger partial charge in [0.15, 0.2) is 16.7 Å². The molecule has 1 heterocycles. The minimum absolute atomic E-state index is 0.0583. The molecule has 2 aromatic carbocycles. The molecule has 134 valence electrons. The Hall–Kier alpha value is -2.32. The fraction of sp³-hybridized carbons (Fsp3) is 0.167. The number of nitrogens with one attached hydrogen (secondary N) is 1. The van der Waals surface area contributed by atoms with Gasteiger partial charge in [0.05, 0.1) is 19.1 Å². The predicted octanol–water partition coefficient (Wildman–Crippen LogP) is 3.59. The lowest BCUT2D eigenvalue weighted by molar-refractivity contribution is -0.116. The minimum Gasteiger partial charge on any atom is -0.493 e. The third-order valence-corrected chi connectivity index (χ3v) is 4.83. The molecule has 1 saturated heterocycles. The molecule has 0 saturated carbocycles. The van der Waals surface area contributed by atoms with Crippen LogP contribution in [0.5, 0.6) is 11.5 Å². The summed E-state index contributed by atoms with van der Waals surface area (Å²) in [6.45, 7) is 0.426. The molecular weight excluding hydrogens is 418 g/mol. The number of amidine groups is 1. The summed E-state index contributed by atoms with van der Waals surface area (Å²) in [5, 5.41) is 11.1. The van der Waals surface area contributed by atoms with Crippen LogP contribution in [0.4, 0.5) is 0 Å². The molecule has 1 aliphatic rings. The zero-order valence-electron chi connectivity index (χ0n) is 13.9. The van der Waals surface area contributed by atoms with E-state index in [2.05, 4.69) is 31.4 Å². The maximum absolute atomic E-state index is 11.1. The Kier molecular flexibility index (Phi) is 6.30. The number of thioether (sulfide) groups is 1. The number of hydrogen-bond donors (Lipinski definition) is 1. The molecule has 0 unspecified atom stereocenters. The fourth-order valence-electron chi connectivity index (χ4n) is 2.16. The van der Waals surface area contributed by atoms with Crippen LogP contribution in [0.1, 0.15) is 11.1 Å². The Bertz CT molecular complexity index is 853. The van der Waals surface area contributed by atoms with Crippen LogP contribution >= 0.6 is 27.7 Å². The molecule has 1 aliphatic heterocycles. The van der Waals surface area contributed by atoms with Gasteiger partial charge in [0, 0.05) is 4.47 Å². The molecule has 6 nitrogen and oxygen atoms in total. The monoisotopic (exact) mass is 433 g/mol. The smallest absolute Gasteiger partial charge is 0.236 e. The van der Waals surface area contributed by atoms with E-state index < -0.39 is 0 Å². The van der Waals surface area contributed by atoms with Crippen LogP contribution in [-0.4, -0.2) is 30.2 Å². The van der Waals surface area contributed by atoms with E-state index in [1.165, 1.54) is 11.8 Å². The summed E-state index contributed by atoms with van der Waals surface area (Å²) in [6.07, 6.45) is 1.60. The van der Waals surface area contributed by atoms with Gasteiger partial charge >= 0.3 is 0 Å². The zero-order valence-corrected chi connectivity index (χ0v) is 16.3. The van der Waals surface area contributed by atoms with E-state index in [-0.39, 0.29) is 5.91 Å². The number of rotatable bonds is 6. The summed E-state index contributed by atoms with van der Waals surface area (Å²) < 4.78 is 12.3. The average Bonchev–Trinajstić information content (AvgIpc) is 3.06. The van der Waals surface area contributed by atoms with Gasteiger partial charge in [-0.15, -0.1) is 5.10 Å². The van der Waals surface area contributed by atoms with E-state index in [1.807, 2.05) is 42.5 Å². The first-order chi connectivity index (χ1) is 12.6. The highest BCUT2D eigenvalue weighted by Crippen LogP contribution is 2.28. The van der Waals surface area contributed by atoms with E-state index in [0.717, 1.165) is 15.6 Å². The highest BCUT2D eigenvalue weighted by atomic mass is 79.9. The maximum atomic E-state index is 11.1. The number of carbonyl (C=O) groups is 1. The summed E-state index contributed by atoms with van der Waals surface area (Å²) >= 11 is 4.74. The lowest BCUT2D eigenvalue weighted by Crippen LogP contribution is -2.19. The van der Waals surface area contributed by atoms with Crippen LogP contribution in [0.15, 0.2) is 57.1 Å². The van der Waals surface area contributed by atoms with Crippen molar-refractivity contribution in [3.05, 3.63) is 58.1 Å². The fourth-order valence-corrected chi connectivity index (χ4v) is 3.05. The molecule has 1 N–H and O–H groups in total. The highest BCUT2D eigenvalue weighted by Gasteiger charge is 2.15. The van der Waals surface area contributed by atoms with Crippen molar-refractivity contribution in [2.45, 2.75) is 6.61 Å². The SMILES string of the molecule is COc1ccc(C=NN=C2NC(=O)CS2)cc1OCc1ccc(Br)cc1. The molecule has 0 atom stereocenters. The minimum atomic E-state index is -0.0583. The standard InChI is InChI=1S/C18H16BrN3O3S/c1-24-15-7-4-13(9-20-22-18-21-17(23)11-26-18)8-16(15)25-10-12-2-5-14(19)6-3-12/h2-9H,10-11H2,1H3,(H,21,22,23). The van der Waals surface area contributed by atoms with Crippen molar-refractivity contribution >= 4 is 45.0 Å². The van der Waals surface area contributed by atoms with Crippen LogP contribution in [0.25, 0.3) is 0 Å². The van der Waals surface area contributed by atoms with E-state index in [4.69, 9.17) is 9.47 Å². The Morgan fingerprint density at radius 1 is 1.23 bits per heavy atom. The Labute approximate surface area is 163 Å². The van der Waals surface area contributed by atoms with Gasteiger partial charge in [-0.1, -0.05) is 39.8 Å². The van der Waals surface area contributed by atoms with Crippen molar-refractivity contribution in [1.29, 1.82) is 0 Å². The number of carbonyl (C=O) groups excluding carboxylic acids is 1. The van der Waals surface area contributed by atoms with E-state index >= 15 is 0 Å². The molecule has 0 aromatic heterocycles. The van der Waals surface area contributed by atoms with Crippen LogP contribution in [0.3, 0.4) is 0 Å². The number of nitrogens with zero attached hydrogens (tertiary/aromatic N) is 2. The van der Waals surface area contributed by atoms with Crippen molar-refractivity contribution in [3.8, 4) is 11.5 Å². The summed E-state index contributed by atoms with van der Waals surface area (Å²) in [5.41, 5.74) is 1.87. The summed E-state index contributed by atoms with van der Waals surface area (Å²) in [5.74, 6) is 1.59. The van der Waals surface area contributed by atoms with Crippen LogP contribution in [0, 0.1) is 0 Å². The van der Waals surface area contributed by atoms with E-state index in [9.17, 15) is 4.79 Å². The van der Waals surface area contributed by atoms with Crippen molar-refractivity contribution in [2.24, 2.45) is 10.2 Å². The predicted molar refractivity (Wildman–Crippen MR) is 107 cm³/mol. The number of halogens is 1. The molecule has 3 rings (SSSR count). The molecule has 0 radical (unpaired) electrons. The normalized spacial score (nSPS) is 15.5. The number of hydrogen-bond acceptors (Lipinski definition) is 6.